The second kappa shape index (κ2) is 5.12. The van der Waals surface area contributed by atoms with Crippen LogP contribution in [-0.4, -0.2) is 23.3 Å². The van der Waals surface area contributed by atoms with E-state index >= 15 is 0 Å². The van der Waals surface area contributed by atoms with Crippen molar-refractivity contribution in [3.8, 4) is 0 Å². The highest BCUT2D eigenvalue weighted by Crippen LogP contribution is 2.15. The maximum Gasteiger partial charge on any atom is 0.0653 e. The van der Waals surface area contributed by atoms with E-state index in [9.17, 15) is 0 Å². The molecule has 0 unspecified atom stereocenters. The van der Waals surface area contributed by atoms with E-state index in [2.05, 4.69) is 47.6 Å². The minimum Gasteiger partial charge on any atom is -0.316 e. The van der Waals surface area contributed by atoms with Crippen LogP contribution in [0, 0.1) is 5.92 Å². The van der Waals surface area contributed by atoms with Crippen molar-refractivity contribution in [1.82, 2.24) is 15.5 Å². The number of fused-ring (bicyclic) bond motifs is 1. The number of aromatic nitrogens is 2. The third-order valence-corrected chi connectivity index (χ3v) is 2.70. The van der Waals surface area contributed by atoms with Gasteiger partial charge in [0.1, 0.15) is 0 Å². The van der Waals surface area contributed by atoms with Crippen molar-refractivity contribution < 1.29 is 0 Å². The number of aromatic amines is 1. The summed E-state index contributed by atoms with van der Waals surface area (Å²) in [6.45, 7) is 6.57. The molecule has 86 valence electrons. The van der Waals surface area contributed by atoms with Crippen LogP contribution in [0.15, 0.2) is 24.4 Å². The summed E-state index contributed by atoms with van der Waals surface area (Å²) in [5.41, 5.74) is 2.49. The van der Waals surface area contributed by atoms with Gasteiger partial charge in [-0.3, -0.25) is 5.10 Å². The molecule has 0 saturated carbocycles. The van der Waals surface area contributed by atoms with E-state index < -0.39 is 0 Å². The maximum absolute atomic E-state index is 4.07. The highest BCUT2D eigenvalue weighted by atomic mass is 15.1. The zero-order chi connectivity index (χ0) is 11.4. The second-order valence-corrected chi connectivity index (χ2v) is 4.60. The summed E-state index contributed by atoms with van der Waals surface area (Å²) < 4.78 is 0. The van der Waals surface area contributed by atoms with E-state index in [-0.39, 0.29) is 0 Å². The van der Waals surface area contributed by atoms with Gasteiger partial charge in [0, 0.05) is 5.39 Å². The first-order valence-corrected chi connectivity index (χ1v) is 5.89. The molecule has 2 aromatic rings. The summed E-state index contributed by atoms with van der Waals surface area (Å²) >= 11 is 0. The van der Waals surface area contributed by atoms with E-state index in [1.54, 1.807) is 0 Å². The molecule has 1 heterocycles. The zero-order valence-electron chi connectivity index (χ0n) is 9.96. The fraction of sp³-hybridized carbons (Fsp3) is 0.462. The monoisotopic (exact) mass is 217 g/mol. The van der Waals surface area contributed by atoms with Crippen LogP contribution in [-0.2, 0) is 6.42 Å². The van der Waals surface area contributed by atoms with Gasteiger partial charge in [0.2, 0.25) is 0 Å². The van der Waals surface area contributed by atoms with Crippen molar-refractivity contribution in [3.63, 3.8) is 0 Å². The largest absolute Gasteiger partial charge is 0.316 e. The van der Waals surface area contributed by atoms with Gasteiger partial charge >= 0.3 is 0 Å². The smallest absolute Gasteiger partial charge is 0.0653 e. The molecule has 0 aliphatic heterocycles. The number of nitrogens with zero attached hydrogens (tertiary/aromatic N) is 1. The minimum absolute atomic E-state index is 0.713. The molecular formula is C13H19N3. The lowest BCUT2D eigenvalue weighted by Crippen LogP contribution is -2.22. The van der Waals surface area contributed by atoms with Crippen molar-refractivity contribution in [2.24, 2.45) is 5.92 Å². The van der Waals surface area contributed by atoms with Crippen LogP contribution in [0.2, 0.25) is 0 Å². The molecule has 0 radical (unpaired) electrons. The van der Waals surface area contributed by atoms with Crippen LogP contribution >= 0.6 is 0 Å². The summed E-state index contributed by atoms with van der Waals surface area (Å²) in [6.07, 6.45) is 2.97. The lowest BCUT2D eigenvalue weighted by Gasteiger charge is -2.07. The molecule has 0 aliphatic carbocycles. The van der Waals surface area contributed by atoms with Gasteiger partial charge in [-0.2, -0.15) is 5.10 Å². The van der Waals surface area contributed by atoms with E-state index in [0.717, 1.165) is 25.0 Å². The first-order chi connectivity index (χ1) is 7.77. The van der Waals surface area contributed by atoms with Gasteiger partial charge in [0.25, 0.3) is 0 Å². The molecule has 0 spiro atoms. The second-order valence-electron chi connectivity index (χ2n) is 4.60. The van der Waals surface area contributed by atoms with Crippen molar-refractivity contribution in [1.29, 1.82) is 0 Å². The number of nitrogens with one attached hydrogen (secondary N) is 2. The number of H-pyrrole nitrogens is 1. The minimum atomic E-state index is 0.713. The van der Waals surface area contributed by atoms with Crippen molar-refractivity contribution in [2.75, 3.05) is 13.1 Å². The molecule has 0 saturated heterocycles. The number of rotatable bonds is 5. The molecule has 0 bridgehead atoms. The van der Waals surface area contributed by atoms with Crippen molar-refractivity contribution >= 4 is 10.9 Å². The molecule has 0 amide bonds. The summed E-state index contributed by atoms with van der Waals surface area (Å²) in [5.74, 6) is 0.713. The first kappa shape index (κ1) is 11.1. The van der Waals surface area contributed by atoms with Gasteiger partial charge in [-0.25, -0.2) is 0 Å². The Morgan fingerprint density at radius 1 is 1.38 bits per heavy atom. The fourth-order valence-corrected chi connectivity index (χ4v) is 1.86. The predicted molar refractivity (Wildman–Crippen MR) is 67.5 cm³/mol. The maximum atomic E-state index is 4.07. The molecule has 0 fully saturated rings. The molecule has 2 N–H and O–H groups in total. The Hall–Kier alpha value is -1.35. The molecule has 16 heavy (non-hydrogen) atoms. The Morgan fingerprint density at radius 2 is 2.25 bits per heavy atom. The Morgan fingerprint density at radius 3 is 3.06 bits per heavy atom. The third kappa shape index (κ3) is 2.61. The Labute approximate surface area is 96.2 Å². The van der Waals surface area contributed by atoms with Crippen molar-refractivity contribution in [3.05, 3.63) is 30.0 Å². The highest BCUT2D eigenvalue weighted by Gasteiger charge is 2.01. The van der Waals surface area contributed by atoms with Crippen LogP contribution in [0.25, 0.3) is 10.9 Å². The van der Waals surface area contributed by atoms with Gasteiger partial charge in [-0.15, -0.1) is 0 Å². The van der Waals surface area contributed by atoms with Crippen molar-refractivity contribution in [2.45, 2.75) is 20.3 Å². The standard InChI is InChI=1S/C13H19N3/c1-10(2)8-14-7-6-11-4-3-5-13-12(11)9-15-16-13/h3-5,9-10,14H,6-8H2,1-2H3,(H,15,16). The molecule has 2 rings (SSSR count). The molecule has 1 aromatic heterocycles. The highest BCUT2D eigenvalue weighted by molar-refractivity contribution is 5.81. The van der Waals surface area contributed by atoms with Crippen LogP contribution < -0.4 is 5.32 Å². The Bertz CT molecular complexity index is 445. The normalized spacial score (nSPS) is 11.4. The molecule has 0 aliphatic rings. The summed E-state index contributed by atoms with van der Waals surface area (Å²) in [6, 6.07) is 6.32. The molecule has 1 aromatic carbocycles. The Kier molecular flexibility index (Phi) is 3.57. The van der Waals surface area contributed by atoms with E-state index in [1.165, 1.54) is 10.9 Å². The summed E-state index contributed by atoms with van der Waals surface area (Å²) in [4.78, 5) is 0. The fourth-order valence-electron chi connectivity index (χ4n) is 1.86. The van der Waals surface area contributed by atoms with Crippen LogP contribution in [0.1, 0.15) is 19.4 Å². The topological polar surface area (TPSA) is 40.7 Å². The number of benzene rings is 1. The number of hydrogen-bond acceptors (Lipinski definition) is 2. The molecule has 3 nitrogen and oxygen atoms in total. The van der Waals surface area contributed by atoms with Gasteiger partial charge in [0.05, 0.1) is 11.7 Å². The summed E-state index contributed by atoms with van der Waals surface area (Å²) in [7, 11) is 0. The van der Waals surface area contributed by atoms with Gasteiger partial charge < -0.3 is 5.32 Å². The molecular weight excluding hydrogens is 198 g/mol. The van der Waals surface area contributed by atoms with E-state index in [4.69, 9.17) is 0 Å². The van der Waals surface area contributed by atoms with Gasteiger partial charge in [0.15, 0.2) is 0 Å². The zero-order valence-corrected chi connectivity index (χ0v) is 9.96. The molecule has 3 heteroatoms. The van der Waals surface area contributed by atoms with Gasteiger partial charge in [-0.1, -0.05) is 26.0 Å². The number of hydrogen-bond donors (Lipinski definition) is 2. The average Bonchev–Trinajstić information content (AvgIpc) is 2.72. The SMILES string of the molecule is CC(C)CNCCc1cccc2[nH]ncc12. The first-order valence-electron chi connectivity index (χ1n) is 5.89. The average molecular weight is 217 g/mol. The quantitative estimate of drug-likeness (QED) is 0.755. The van der Waals surface area contributed by atoms with Crippen LogP contribution in [0.5, 0.6) is 0 Å². The third-order valence-electron chi connectivity index (χ3n) is 2.70. The molecule has 0 atom stereocenters. The van der Waals surface area contributed by atoms with Crippen LogP contribution in [0.3, 0.4) is 0 Å². The lowest BCUT2D eigenvalue weighted by atomic mass is 10.1. The van der Waals surface area contributed by atoms with Crippen LogP contribution in [0.4, 0.5) is 0 Å². The van der Waals surface area contributed by atoms with E-state index in [1.807, 2.05) is 6.20 Å². The lowest BCUT2D eigenvalue weighted by molar-refractivity contribution is 0.555. The van der Waals surface area contributed by atoms with E-state index in [0.29, 0.717) is 5.92 Å². The van der Waals surface area contributed by atoms with Gasteiger partial charge in [-0.05, 0) is 37.1 Å². The predicted octanol–water partition coefficient (Wildman–Crippen LogP) is 2.35. The summed E-state index contributed by atoms with van der Waals surface area (Å²) in [5, 5.41) is 11.8. The Balaban J connectivity index is 1.96.